The molecule has 1 aromatic rings. The molecular weight excluding hydrogens is 332 g/mol. The highest BCUT2D eigenvalue weighted by Crippen LogP contribution is 2.47. The van der Waals surface area contributed by atoms with E-state index >= 15 is 0 Å². The fourth-order valence-corrected chi connectivity index (χ4v) is 5.68. The van der Waals surface area contributed by atoms with Gasteiger partial charge in [0.15, 0.2) is 0 Å². The molecule has 1 aromatic carbocycles. The van der Waals surface area contributed by atoms with Gasteiger partial charge in [-0.1, -0.05) is 49.6 Å². The second-order valence-electron chi connectivity index (χ2n) is 7.47. The number of aliphatic carboxylic acids is 1. The highest BCUT2D eigenvalue weighted by molar-refractivity contribution is 7.98. The minimum Gasteiger partial charge on any atom is -0.481 e. The van der Waals surface area contributed by atoms with Gasteiger partial charge in [0.1, 0.15) is 0 Å². The van der Waals surface area contributed by atoms with Crippen LogP contribution in [0.3, 0.4) is 0 Å². The molecule has 2 saturated heterocycles. The van der Waals surface area contributed by atoms with Crippen molar-refractivity contribution in [2.75, 3.05) is 5.75 Å². The van der Waals surface area contributed by atoms with Crippen molar-refractivity contribution in [1.29, 1.82) is 0 Å². The normalized spacial score (nSPS) is 27.7. The molecule has 2 heterocycles. The van der Waals surface area contributed by atoms with Gasteiger partial charge in [0.2, 0.25) is 0 Å². The molecule has 2 aliphatic heterocycles. The number of thioether (sulfide) groups is 1. The van der Waals surface area contributed by atoms with Crippen LogP contribution in [0.4, 0.5) is 0 Å². The van der Waals surface area contributed by atoms with Crippen molar-refractivity contribution < 1.29 is 14.6 Å². The third-order valence-corrected chi connectivity index (χ3v) is 6.85. The maximum Gasteiger partial charge on any atom is 0.303 e. The van der Waals surface area contributed by atoms with Crippen LogP contribution < -0.4 is 0 Å². The van der Waals surface area contributed by atoms with Crippen molar-refractivity contribution >= 4 is 17.7 Å². The topological polar surface area (TPSA) is 46.5 Å². The van der Waals surface area contributed by atoms with Crippen molar-refractivity contribution in [1.82, 2.24) is 0 Å². The third kappa shape index (κ3) is 5.49. The van der Waals surface area contributed by atoms with Gasteiger partial charge in [-0.2, -0.15) is 11.8 Å². The Bertz CT molecular complexity index is 533. The lowest BCUT2D eigenvalue weighted by atomic mass is 9.77. The minimum atomic E-state index is -0.669. The summed E-state index contributed by atoms with van der Waals surface area (Å²) in [5.74, 6) is 3.07. The van der Waals surface area contributed by atoms with Crippen LogP contribution in [0.2, 0.25) is 0 Å². The summed E-state index contributed by atoms with van der Waals surface area (Å²) in [7, 11) is 0. The number of ether oxygens (including phenoxy) is 1. The molecule has 0 aromatic heterocycles. The van der Waals surface area contributed by atoms with E-state index in [1.165, 1.54) is 37.0 Å². The second-order valence-corrected chi connectivity index (χ2v) is 8.50. The molecule has 0 amide bonds. The van der Waals surface area contributed by atoms with Gasteiger partial charge in [-0.25, -0.2) is 0 Å². The van der Waals surface area contributed by atoms with Gasteiger partial charge in [-0.3, -0.25) is 4.79 Å². The second kappa shape index (κ2) is 9.63. The molecule has 3 rings (SSSR count). The van der Waals surface area contributed by atoms with E-state index in [9.17, 15) is 4.79 Å². The quantitative estimate of drug-likeness (QED) is 0.554. The summed E-state index contributed by atoms with van der Waals surface area (Å²) >= 11 is 2.05. The van der Waals surface area contributed by atoms with Crippen LogP contribution in [0.5, 0.6) is 0 Å². The fourth-order valence-electron chi connectivity index (χ4n) is 4.40. The molecule has 0 radical (unpaired) electrons. The number of unbranched alkanes of at least 4 members (excludes halogenated alkanes) is 3. The average molecular weight is 363 g/mol. The number of carbonyl (C=O) groups is 1. The SMILES string of the molecule is O=C(O)CCCCCCC1C2CCC(O2)C1CSCc1ccccc1. The standard InChI is InChI=1S/C21H30O3S/c22-21(23)11-7-2-1-6-10-17-18(20-13-12-19(17)24-20)15-25-14-16-8-4-3-5-9-16/h3-5,8-9,17-20H,1-2,6-7,10-15H2,(H,22,23). The van der Waals surface area contributed by atoms with E-state index in [1.807, 2.05) is 0 Å². The van der Waals surface area contributed by atoms with Gasteiger partial charge in [-0.05, 0) is 48.8 Å². The molecule has 4 heteroatoms. The predicted molar refractivity (Wildman–Crippen MR) is 103 cm³/mol. The minimum absolute atomic E-state index is 0.315. The van der Waals surface area contributed by atoms with E-state index in [0.29, 0.717) is 24.5 Å². The molecule has 3 nitrogen and oxygen atoms in total. The van der Waals surface area contributed by atoms with Crippen molar-refractivity contribution in [3.05, 3.63) is 35.9 Å². The lowest BCUT2D eigenvalue weighted by molar-refractivity contribution is -0.137. The van der Waals surface area contributed by atoms with Crippen LogP contribution in [-0.4, -0.2) is 29.0 Å². The fraction of sp³-hybridized carbons (Fsp3) is 0.667. The molecular formula is C21H30O3S. The van der Waals surface area contributed by atoms with Gasteiger partial charge in [-0.15, -0.1) is 0 Å². The van der Waals surface area contributed by atoms with Crippen LogP contribution in [0, 0.1) is 11.8 Å². The van der Waals surface area contributed by atoms with Crippen LogP contribution >= 0.6 is 11.8 Å². The van der Waals surface area contributed by atoms with Crippen molar-refractivity contribution in [3.63, 3.8) is 0 Å². The van der Waals surface area contributed by atoms with Crippen LogP contribution in [0.25, 0.3) is 0 Å². The number of benzene rings is 1. The largest absolute Gasteiger partial charge is 0.481 e. The third-order valence-electron chi connectivity index (χ3n) is 5.69. The Morgan fingerprint density at radius 2 is 1.76 bits per heavy atom. The Labute approximate surface area is 155 Å². The predicted octanol–water partition coefficient (Wildman–Crippen LogP) is 5.14. The van der Waals surface area contributed by atoms with Crippen LogP contribution in [-0.2, 0) is 15.3 Å². The average Bonchev–Trinajstić information content (AvgIpc) is 3.21. The highest BCUT2D eigenvalue weighted by Gasteiger charge is 2.47. The van der Waals surface area contributed by atoms with Crippen molar-refractivity contribution in [3.8, 4) is 0 Å². The summed E-state index contributed by atoms with van der Waals surface area (Å²) in [4.78, 5) is 10.6. The van der Waals surface area contributed by atoms with Gasteiger partial charge < -0.3 is 9.84 Å². The number of carboxylic acids is 1. The zero-order valence-electron chi connectivity index (χ0n) is 14.9. The molecule has 2 fully saturated rings. The Hall–Kier alpha value is -1.00. The van der Waals surface area contributed by atoms with E-state index < -0.39 is 5.97 Å². The van der Waals surface area contributed by atoms with E-state index in [1.54, 1.807) is 0 Å². The van der Waals surface area contributed by atoms with E-state index in [2.05, 4.69) is 42.1 Å². The molecule has 2 aliphatic rings. The number of hydrogen-bond acceptors (Lipinski definition) is 3. The maximum absolute atomic E-state index is 10.6. The highest BCUT2D eigenvalue weighted by atomic mass is 32.2. The van der Waals surface area contributed by atoms with Gasteiger partial charge in [0, 0.05) is 12.2 Å². The first-order chi connectivity index (χ1) is 12.2. The lowest BCUT2D eigenvalue weighted by Gasteiger charge is -2.28. The maximum atomic E-state index is 10.6. The summed E-state index contributed by atoms with van der Waals surface area (Å²) in [5.41, 5.74) is 1.41. The van der Waals surface area contributed by atoms with Gasteiger partial charge in [0.05, 0.1) is 12.2 Å². The molecule has 0 saturated carbocycles. The molecule has 0 aliphatic carbocycles. The lowest BCUT2D eigenvalue weighted by Crippen LogP contribution is -2.29. The zero-order valence-corrected chi connectivity index (χ0v) is 15.8. The molecule has 1 N–H and O–H groups in total. The molecule has 4 unspecified atom stereocenters. The van der Waals surface area contributed by atoms with Gasteiger partial charge in [0.25, 0.3) is 0 Å². The Balaban J connectivity index is 1.38. The van der Waals surface area contributed by atoms with E-state index in [0.717, 1.165) is 30.9 Å². The van der Waals surface area contributed by atoms with Crippen LogP contribution in [0.1, 0.15) is 56.9 Å². The summed E-state index contributed by atoms with van der Waals surface area (Å²) in [6.07, 6.45) is 9.28. The number of hydrogen-bond donors (Lipinski definition) is 1. The summed E-state index contributed by atoms with van der Waals surface area (Å²) in [6.45, 7) is 0. The summed E-state index contributed by atoms with van der Waals surface area (Å²) in [5, 5.41) is 8.69. The first-order valence-corrected chi connectivity index (χ1v) is 10.9. The van der Waals surface area contributed by atoms with Crippen molar-refractivity contribution in [2.45, 2.75) is 69.3 Å². The van der Waals surface area contributed by atoms with E-state index in [4.69, 9.17) is 9.84 Å². The van der Waals surface area contributed by atoms with E-state index in [-0.39, 0.29) is 0 Å². The Morgan fingerprint density at radius 1 is 1.04 bits per heavy atom. The molecule has 25 heavy (non-hydrogen) atoms. The number of rotatable bonds is 11. The monoisotopic (exact) mass is 362 g/mol. The van der Waals surface area contributed by atoms with Crippen molar-refractivity contribution in [2.24, 2.45) is 11.8 Å². The first-order valence-electron chi connectivity index (χ1n) is 9.73. The molecule has 138 valence electrons. The Kier molecular flexibility index (Phi) is 7.23. The van der Waals surface area contributed by atoms with Crippen LogP contribution in [0.15, 0.2) is 30.3 Å². The zero-order chi connectivity index (χ0) is 17.5. The summed E-state index contributed by atoms with van der Waals surface area (Å²) < 4.78 is 6.22. The summed E-state index contributed by atoms with van der Waals surface area (Å²) in [6, 6.07) is 10.7. The number of fused-ring (bicyclic) bond motifs is 2. The smallest absolute Gasteiger partial charge is 0.303 e. The number of carboxylic acid groups (broad SMARTS) is 1. The first kappa shape index (κ1) is 18.8. The van der Waals surface area contributed by atoms with Gasteiger partial charge >= 0.3 is 5.97 Å². The molecule has 0 spiro atoms. The molecule has 2 bridgehead atoms. The Morgan fingerprint density at radius 3 is 2.52 bits per heavy atom. The molecule has 4 atom stereocenters.